The number of hydrogen-bond donors (Lipinski definition) is 2. The molecular formula is C24H23N3O5S. The van der Waals surface area contributed by atoms with Crippen molar-refractivity contribution >= 4 is 33.8 Å². The van der Waals surface area contributed by atoms with Crippen LogP contribution in [-0.2, 0) is 0 Å². The number of nitrogens with zero attached hydrogens (tertiary/aromatic N) is 1. The number of fused-ring (bicyclic) bond motifs is 1. The summed E-state index contributed by atoms with van der Waals surface area (Å²) in [5.74, 6) is 0.567. The molecule has 1 unspecified atom stereocenters. The summed E-state index contributed by atoms with van der Waals surface area (Å²) in [4.78, 5) is 27.7. The molecule has 0 spiro atoms. The number of hydrogen-bond acceptors (Lipinski definition) is 6. The van der Waals surface area contributed by atoms with E-state index >= 15 is 0 Å². The van der Waals surface area contributed by atoms with E-state index in [9.17, 15) is 14.9 Å². The van der Waals surface area contributed by atoms with Crippen molar-refractivity contribution in [3.8, 4) is 11.5 Å². The van der Waals surface area contributed by atoms with E-state index in [4.69, 9.17) is 9.47 Å². The third-order valence-electron chi connectivity index (χ3n) is 5.58. The molecule has 8 nitrogen and oxygen atoms in total. The number of benzene rings is 2. The highest BCUT2D eigenvalue weighted by Crippen LogP contribution is 2.40. The highest BCUT2D eigenvalue weighted by molar-refractivity contribution is 7.14. The van der Waals surface area contributed by atoms with Gasteiger partial charge in [-0.2, -0.15) is 0 Å². The molecule has 9 heteroatoms. The molecule has 1 atom stereocenters. The molecule has 0 radical (unpaired) electrons. The van der Waals surface area contributed by atoms with Crippen LogP contribution in [0.1, 0.15) is 31.6 Å². The lowest BCUT2D eigenvalue weighted by atomic mass is 9.89. The van der Waals surface area contributed by atoms with Gasteiger partial charge in [0, 0.05) is 41.2 Å². The van der Waals surface area contributed by atoms with Gasteiger partial charge >= 0.3 is 0 Å². The number of ether oxygens (including phenoxy) is 2. The van der Waals surface area contributed by atoms with Gasteiger partial charge in [-0.05, 0) is 24.6 Å². The summed E-state index contributed by atoms with van der Waals surface area (Å²) < 4.78 is 11.2. The number of aromatic amines is 1. The van der Waals surface area contributed by atoms with Crippen LogP contribution in [0.2, 0.25) is 0 Å². The number of aryl methyl sites for hydroxylation is 1. The zero-order chi connectivity index (χ0) is 23.5. The van der Waals surface area contributed by atoms with E-state index in [2.05, 4.69) is 10.3 Å². The van der Waals surface area contributed by atoms with E-state index in [0.29, 0.717) is 21.3 Å². The van der Waals surface area contributed by atoms with Gasteiger partial charge in [-0.1, -0.05) is 30.3 Å². The van der Waals surface area contributed by atoms with Crippen LogP contribution in [0.5, 0.6) is 11.5 Å². The first-order valence-electron chi connectivity index (χ1n) is 10.2. The highest BCUT2D eigenvalue weighted by Gasteiger charge is 2.25. The Kier molecular flexibility index (Phi) is 6.32. The maximum absolute atomic E-state index is 12.9. The Balaban J connectivity index is 1.72. The van der Waals surface area contributed by atoms with Crippen LogP contribution >= 0.6 is 11.3 Å². The molecule has 2 heterocycles. The predicted molar refractivity (Wildman–Crippen MR) is 128 cm³/mol. The lowest BCUT2D eigenvalue weighted by molar-refractivity contribution is -0.385. The summed E-state index contributed by atoms with van der Waals surface area (Å²) in [6.45, 7) is 1.89. The van der Waals surface area contributed by atoms with Gasteiger partial charge in [0.15, 0.2) is 11.5 Å². The van der Waals surface area contributed by atoms with Gasteiger partial charge in [-0.25, -0.2) is 0 Å². The fourth-order valence-corrected chi connectivity index (χ4v) is 4.91. The average molecular weight is 466 g/mol. The number of rotatable bonds is 8. The second kappa shape index (κ2) is 9.33. The lowest BCUT2D eigenvalue weighted by Gasteiger charge is -2.21. The molecule has 1 amide bonds. The minimum absolute atomic E-state index is 0.0483. The number of carbonyl (C=O) groups excluding carboxylic acids is 1. The molecule has 0 saturated carbocycles. The van der Waals surface area contributed by atoms with Gasteiger partial charge in [0.05, 0.1) is 28.9 Å². The molecule has 33 heavy (non-hydrogen) atoms. The minimum Gasteiger partial charge on any atom is -0.493 e. The maximum atomic E-state index is 12.9. The van der Waals surface area contributed by atoms with Crippen LogP contribution in [0.15, 0.2) is 54.7 Å². The standard InChI is InChI=1S/C24H23N3O5S/c1-14-20(27(29)30)11-22(33-14)24(28)26-13-18(16-8-6-10-21(31-2)23(16)32-3)17-12-25-19-9-5-4-7-15(17)19/h4-12,18,25H,13H2,1-3H3,(H,26,28). The molecule has 0 aliphatic heterocycles. The second-order valence-corrected chi connectivity index (χ2v) is 8.70. The molecule has 0 aliphatic rings. The quantitative estimate of drug-likeness (QED) is 0.281. The number of nitrogens with one attached hydrogen (secondary N) is 2. The van der Waals surface area contributed by atoms with Crippen LogP contribution in [-0.4, -0.2) is 36.6 Å². The Morgan fingerprint density at radius 3 is 2.64 bits per heavy atom. The average Bonchev–Trinajstić information content (AvgIpc) is 3.43. The third kappa shape index (κ3) is 4.27. The van der Waals surface area contributed by atoms with Crippen LogP contribution < -0.4 is 14.8 Å². The minimum atomic E-state index is -0.474. The highest BCUT2D eigenvalue weighted by atomic mass is 32.1. The molecule has 2 aromatic heterocycles. The van der Waals surface area contributed by atoms with Crippen LogP contribution in [0.3, 0.4) is 0 Å². The first-order valence-corrected chi connectivity index (χ1v) is 11.1. The summed E-state index contributed by atoms with van der Waals surface area (Å²) in [7, 11) is 3.16. The number of nitro groups is 1. The zero-order valence-electron chi connectivity index (χ0n) is 18.4. The van der Waals surface area contributed by atoms with Crippen molar-refractivity contribution in [3.05, 3.63) is 85.7 Å². The van der Waals surface area contributed by atoms with E-state index in [1.165, 1.54) is 6.07 Å². The topological polar surface area (TPSA) is 106 Å². The number of H-pyrrole nitrogens is 1. The molecule has 0 saturated heterocycles. The zero-order valence-corrected chi connectivity index (χ0v) is 19.2. The summed E-state index contributed by atoms with van der Waals surface area (Å²) in [5.41, 5.74) is 2.78. The van der Waals surface area contributed by atoms with Crippen molar-refractivity contribution < 1.29 is 19.2 Å². The van der Waals surface area contributed by atoms with E-state index in [1.54, 1.807) is 21.1 Å². The van der Waals surface area contributed by atoms with Gasteiger partial charge < -0.3 is 19.8 Å². The largest absolute Gasteiger partial charge is 0.493 e. The van der Waals surface area contributed by atoms with Crippen LogP contribution in [0.4, 0.5) is 5.69 Å². The molecule has 0 fully saturated rings. The maximum Gasteiger partial charge on any atom is 0.283 e. The molecule has 2 aromatic carbocycles. The van der Waals surface area contributed by atoms with Crippen LogP contribution in [0, 0.1) is 17.0 Å². The summed E-state index contributed by atoms with van der Waals surface area (Å²) in [6, 6.07) is 14.9. The molecule has 2 N–H and O–H groups in total. The van der Waals surface area contributed by atoms with Gasteiger partial charge in [-0.15, -0.1) is 11.3 Å². The van der Waals surface area contributed by atoms with Crippen molar-refractivity contribution in [1.82, 2.24) is 10.3 Å². The first-order chi connectivity index (χ1) is 15.9. The molecule has 0 aliphatic carbocycles. The van der Waals surface area contributed by atoms with E-state index < -0.39 is 4.92 Å². The van der Waals surface area contributed by atoms with Crippen molar-refractivity contribution in [3.63, 3.8) is 0 Å². The smallest absolute Gasteiger partial charge is 0.283 e. The van der Waals surface area contributed by atoms with E-state index in [0.717, 1.165) is 33.4 Å². The number of thiophene rings is 1. The first kappa shape index (κ1) is 22.3. The fourth-order valence-electron chi connectivity index (χ4n) is 4.00. The molecule has 4 aromatic rings. The summed E-state index contributed by atoms with van der Waals surface area (Å²) in [5, 5.41) is 15.2. The Morgan fingerprint density at radius 2 is 1.94 bits per heavy atom. The normalized spacial score (nSPS) is 11.8. The third-order valence-corrected chi connectivity index (χ3v) is 6.62. The lowest BCUT2D eigenvalue weighted by Crippen LogP contribution is -2.28. The summed E-state index contributed by atoms with van der Waals surface area (Å²) >= 11 is 1.11. The number of methoxy groups -OCH3 is 2. The Morgan fingerprint density at radius 1 is 1.15 bits per heavy atom. The van der Waals surface area contributed by atoms with Crippen molar-refractivity contribution in [2.75, 3.05) is 20.8 Å². The Labute approximate surface area is 194 Å². The molecule has 4 rings (SSSR count). The number of amides is 1. The molecule has 0 bridgehead atoms. The number of para-hydroxylation sites is 2. The molecule has 170 valence electrons. The van der Waals surface area contributed by atoms with Crippen molar-refractivity contribution in [2.45, 2.75) is 12.8 Å². The van der Waals surface area contributed by atoms with Gasteiger partial charge in [0.1, 0.15) is 0 Å². The number of aromatic nitrogens is 1. The Hall–Kier alpha value is -3.85. The van der Waals surface area contributed by atoms with Gasteiger partial charge in [0.2, 0.25) is 0 Å². The van der Waals surface area contributed by atoms with Crippen LogP contribution in [0.25, 0.3) is 10.9 Å². The van der Waals surface area contributed by atoms with Gasteiger partial charge in [-0.3, -0.25) is 14.9 Å². The van der Waals surface area contributed by atoms with Crippen molar-refractivity contribution in [2.24, 2.45) is 0 Å². The van der Waals surface area contributed by atoms with E-state index in [-0.39, 0.29) is 24.1 Å². The number of carbonyl (C=O) groups is 1. The van der Waals surface area contributed by atoms with Crippen molar-refractivity contribution in [1.29, 1.82) is 0 Å². The SMILES string of the molecule is COc1cccc(C(CNC(=O)c2cc([N+](=O)[O-])c(C)s2)c2c[nH]c3ccccc23)c1OC. The van der Waals surface area contributed by atoms with E-state index in [1.807, 2.05) is 48.7 Å². The Bertz CT molecular complexity index is 1330. The second-order valence-electron chi connectivity index (χ2n) is 7.44. The molecular weight excluding hydrogens is 442 g/mol. The summed E-state index contributed by atoms with van der Waals surface area (Å²) in [6.07, 6.45) is 1.93. The fraction of sp³-hybridized carbons (Fsp3) is 0.208. The van der Waals surface area contributed by atoms with Gasteiger partial charge in [0.25, 0.3) is 11.6 Å². The predicted octanol–water partition coefficient (Wildman–Crippen LogP) is 5.03. The monoisotopic (exact) mass is 465 g/mol.